The van der Waals surface area contributed by atoms with Gasteiger partial charge in [0.2, 0.25) is 11.0 Å². The minimum atomic E-state index is 0.0547. The van der Waals surface area contributed by atoms with Crippen LogP contribution < -0.4 is 10.2 Å². The Balaban J connectivity index is 1.27. The molecule has 0 bridgehead atoms. The molecular formula is C19H25N5OS. The largest absolute Gasteiger partial charge is 0.344 e. The van der Waals surface area contributed by atoms with Crippen LogP contribution in [0, 0.1) is 13.8 Å². The normalized spacial score (nSPS) is 18.2. The molecule has 0 unspecified atom stereocenters. The molecular weight excluding hydrogens is 346 g/mol. The standard InChI is InChI=1S/C19H25N5OS/c1-13-4-3-5-16(14(13)2)20-17(25)12-23-8-10-24(11-9-23)19-22-21-18(26-19)15-6-7-15/h3-5,15H,6-12H2,1-2H3,(H,20,25). The summed E-state index contributed by atoms with van der Waals surface area (Å²) in [6.07, 6.45) is 2.52. The Kier molecular flexibility index (Phi) is 4.91. The molecule has 2 fully saturated rings. The van der Waals surface area contributed by atoms with Crippen molar-refractivity contribution in [2.24, 2.45) is 0 Å². The Bertz CT molecular complexity index is 793. The molecule has 0 atom stereocenters. The van der Waals surface area contributed by atoms with Crippen molar-refractivity contribution in [3.63, 3.8) is 0 Å². The first-order valence-electron chi connectivity index (χ1n) is 9.27. The number of aromatic nitrogens is 2. The van der Waals surface area contributed by atoms with Crippen LogP contribution in [0.2, 0.25) is 0 Å². The lowest BCUT2D eigenvalue weighted by atomic mass is 10.1. The van der Waals surface area contributed by atoms with E-state index < -0.39 is 0 Å². The highest BCUT2D eigenvalue weighted by atomic mass is 32.1. The van der Waals surface area contributed by atoms with Crippen LogP contribution in [0.3, 0.4) is 0 Å². The smallest absolute Gasteiger partial charge is 0.238 e. The minimum Gasteiger partial charge on any atom is -0.344 e. The van der Waals surface area contributed by atoms with Crippen molar-refractivity contribution in [2.45, 2.75) is 32.6 Å². The highest BCUT2D eigenvalue weighted by Gasteiger charge is 2.29. The molecule has 7 heteroatoms. The molecule has 26 heavy (non-hydrogen) atoms. The number of hydrogen-bond donors (Lipinski definition) is 1. The SMILES string of the molecule is Cc1cccc(NC(=O)CN2CCN(c3nnc(C4CC4)s3)CC2)c1C. The fourth-order valence-electron chi connectivity index (χ4n) is 3.23. The summed E-state index contributed by atoms with van der Waals surface area (Å²) in [5.74, 6) is 0.718. The highest BCUT2D eigenvalue weighted by Crippen LogP contribution is 2.42. The number of piperazine rings is 1. The molecule has 2 aliphatic rings. The maximum absolute atomic E-state index is 12.4. The van der Waals surface area contributed by atoms with E-state index in [-0.39, 0.29) is 5.91 Å². The van der Waals surface area contributed by atoms with E-state index in [0.717, 1.165) is 42.6 Å². The molecule has 1 aromatic carbocycles. The third-order valence-corrected chi connectivity index (χ3v) is 6.39. The first-order chi connectivity index (χ1) is 12.6. The number of rotatable bonds is 5. The monoisotopic (exact) mass is 371 g/mol. The van der Waals surface area contributed by atoms with Gasteiger partial charge in [-0.2, -0.15) is 0 Å². The summed E-state index contributed by atoms with van der Waals surface area (Å²) in [5.41, 5.74) is 3.24. The van der Waals surface area contributed by atoms with Gasteiger partial charge in [-0.3, -0.25) is 9.69 Å². The number of anilines is 2. The van der Waals surface area contributed by atoms with Gasteiger partial charge in [-0.15, -0.1) is 10.2 Å². The van der Waals surface area contributed by atoms with Gasteiger partial charge in [0.1, 0.15) is 5.01 Å². The molecule has 1 N–H and O–H groups in total. The summed E-state index contributed by atoms with van der Waals surface area (Å²) in [7, 11) is 0. The predicted octanol–water partition coefficient (Wildman–Crippen LogP) is 2.79. The molecule has 2 aromatic rings. The average molecular weight is 372 g/mol. The maximum Gasteiger partial charge on any atom is 0.238 e. The number of aryl methyl sites for hydroxylation is 1. The number of amides is 1. The van der Waals surface area contributed by atoms with E-state index >= 15 is 0 Å². The molecule has 1 saturated carbocycles. The first-order valence-corrected chi connectivity index (χ1v) is 10.1. The topological polar surface area (TPSA) is 61.4 Å². The lowest BCUT2D eigenvalue weighted by Gasteiger charge is -2.33. The molecule has 1 aliphatic carbocycles. The zero-order valence-electron chi connectivity index (χ0n) is 15.4. The molecule has 1 saturated heterocycles. The van der Waals surface area contributed by atoms with Crippen molar-refractivity contribution in [2.75, 3.05) is 42.9 Å². The maximum atomic E-state index is 12.4. The van der Waals surface area contributed by atoms with Crippen LogP contribution in [-0.4, -0.2) is 53.7 Å². The third-order valence-electron chi connectivity index (χ3n) is 5.25. The van der Waals surface area contributed by atoms with Crippen molar-refractivity contribution in [3.8, 4) is 0 Å². The molecule has 0 spiro atoms. The van der Waals surface area contributed by atoms with Gasteiger partial charge >= 0.3 is 0 Å². The zero-order valence-corrected chi connectivity index (χ0v) is 16.2. The summed E-state index contributed by atoms with van der Waals surface area (Å²) in [6.45, 7) is 8.09. The second-order valence-corrected chi connectivity index (χ2v) is 8.24. The molecule has 1 aromatic heterocycles. The molecule has 1 amide bonds. The van der Waals surface area contributed by atoms with Crippen molar-refractivity contribution in [1.82, 2.24) is 15.1 Å². The van der Waals surface area contributed by atoms with Gasteiger partial charge in [-0.25, -0.2) is 0 Å². The lowest BCUT2D eigenvalue weighted by Crippen LogP contribution is -2.48. The van der Waals surface area contributed by atoms with Crippen molar-refractivity contribution in [3.05, 3.63) is 34.3 Å². The molecule has 0 radical (unpaired) electrons. The van der Waals surface area contributed by atoms with Gasteiger partial charge in [0.05, 0.1) is 6.54 Å². The van der Waals surface area contributed by atoms with Crippen LogP contribution >= 0.6 is 11.3 Å². The highest BCUT2D eigenvalue weighted by molar-refractivity contribution is 7.15. The van der Waals surface area contributed by atoms with Gasteiger partial charge in [-0.05, 0) is 43.9 Å². The van der Waals surface area contributed by atoms with E-state index in [0.29, 0.717) is 12.5 Å². The number of benzene rings is 1. The predicted molar refractivity (Wildman–Crippen MR) is 105 cm³/mol. The van der Waals surface area contributed by atoms with Crippen molar-refractivity contribution >= 4 is 28.1 Å². The minimum absolute atomic E-state index is 0.0547. The quantitative estimate of drug-likeness (QED) is 0.876. The summed E-state index contributed by atoms with van der Waals surface area (Å²) in [4.78, 5) is 16.9. The van der Waals surface area contributed by atoms with Gasteiger partial charge in [0.25, 0.3) is 0 Å². The summed E-state index contributed by atoms with van der Waals surface area (Å²) in [5, 5.41) is 14.0. The van der Waals surface area contributed by atoms with Crippen LogP contribution in [0.25, 0.3) is 0 Å². The number of nitrogens with one attached hydrogen (secondary N) is 1. The number of nitrogens with zero attached hydrogens (tertiary/aromatic N) is 4. The van der Waals surface area contributed by atoms with E-state index in [9.17, 15) is 4.79 Å². The van der Waals surface area contributed by atoms with Crippen molar-refractivity contribution < 1.29 is 4.79 Å². The van der Waals surface area contributed by atoms with E-state index in [1.807, 2.05) is 19.1 Å². The van der Waals surface area contributed by atoms with Gasteiger partial charge in [-0.1, -0.05) is 23.5 Å². The fraction of sp³-hybridized carbons (Fsp3) is 0.526. The molecule has 138 valence electrons. The van der Waals surface area contributed by atoms with Crippen LogP contribution in [0.4, 0.5) is 10.8 Å². The summed E-state index contributed by atoms with van der Waals surface area (Å²) >= 11 is 1.74. The summed E-state index contributed by atoms with van der Waals surface area (Å²) in [6, 6.07) is 6.01. The van der Waals surface area contributed by atoms with E-state index in [4.69, 9.17) is 0 Å². The molecule has 2 heterocycles. The zero-order chi connectivity index (χ0) is 18.1. The fourth-order valence-corrected chi connectivity index (χ4v) is 4.29. The van der Waals surface area contributed by atoms with Gasteiger partial charge in [0, 0.05) is 37.8 Å². The molecule has 6 nitrogen and oxygen atoms in total. The van der Waals surface area contributed by atoms with E-state index in [2.05, 4.69) is 38.3 Å². The van der Waals surface area contributed by atoms with Gasteiger partial charge < -0.3 is 10.2 Å². The number of hydrogen-bond acceptors (Lipinski definition) is 6. The summed E-state index contributed by atoms with van der Waals surface area (Å²) < 4.78 is 0. The van der Waals surface area contributed by atoms with Crippen molar-refractivity contribution in [1.29, 1.82) is 0 Å². The Hall–Kier alpha value is -1.99. The van der Waals surface area contributed by atoms with E-state index in [1.54, 1.807) is 11.3 Å². The van der Waals surface area contributed by atoms with Crippen LogP contribution in [-0.2, 0) is 4.79 Å². The Morgan fingerprint density at radius 3 is 2.69 bits per heavy atom. The first kappa shape index (κ1) is 17.4. The molecule has 1 aliphatic heterocycles. The van der Waals surface area contributed by atoms with Crippen LogP contribution in [0.5, 0.6) is 0 Å². The second kappa shape index (κ2) is 7.32. The molecule has 4 rings (SSSR count). The van der Waals surface area contributed by atoms with Gasteiger partial charge in [0.15, 0.2) is 0 Å². The Morgan fingerprint density at radius 2 is 1.96 bits per heavy atom. The third kappa shape index (κ3) is 3.88. The Morgan fingerprint density at radius 1 is 1.19 bits per heavy atom. The number of carbonyl (C=O) groups excluding carboxylic acids is 1. The van der Waals surface area contributed by atoms with Crippen LogP contribution in [0.15, 0.2) is 18.2 Å². The average Bonchev–Trinajstić information content (AvgIpc) is 3.37. The second-order valence-electron chi connectivity index (χ2n) is 7.26. The van der Waals surface area contributed by atoms with Crippen LogP contribution in [0.1, 0.15) is 34.9 Å². The van der Waals surface area contributed by atoms with E-state index in [1.165, 1.54) is 23.4 Å². The number of carbonyl (C=O) groups is 1. The lowest BCUT2D eigenvalue weighted by molar-refractivity contribution is -0.117. The Labute approximate surface area is 158 Å².